The van der Waals surface area contributed by atoms with Gasteiger partial charge in [-0.15, -0.1) is 0 Å². The minimum Gasteiger partial charge on any atom is -0.312 e. The molecule has 1 N–H and O–H groups in total. The Bertz CT molecular complexity index is 673. The second-order valence-electron chi connectivity index (χ2n) is 6.09. The Kier molecular flexibility index (Phi) is 5.54. The van der Waals surface area contributed by atoms with Gasteiger partial charge in [0.05, 0.1) is 27.5 Å². The number of benzene rings is 1. The largest absolute Gasteiger partial charge is 0.312 e. The van der Waals surface area contributed by atoms with E-state index in [2.05, 4.69) is 5.32 Å². The van der Waals surface area contributed by atoms with Crippen LogP contribution in [-0.4, -0.2) is 38.3 Å². The van der Waals surface area contributed by atoms with Crippen LogP contribution in [-0.2, 0) is 9.84 Å². The lowest BCUT2D eigenvalue weighted by Gasteiger charge is -2.20. The van der Waals surface area contributed by atoms with Crippen LogP contribution in [0.4, 0.5) is 0 Å². The summed E-state index contributed by atoms with van der Waals surface area (Å²) in [6.07, 6.45) is 0. The van der Waals surface area contributed by atoms with Crippen molar-refractivity contribution in [2.75, 3.05) is 18.1 Å². The van der Waals surface area contributed by atoms with Crippen molar-refractivity contribution in [3.05, 3.63) is 33.8 Å². The normalized spacial score (nSPS) is 23.9. The van der Waals surface area contributed by atoms with E-state index in [1.807, 2.05) is 13.8 Å². The van der Waals surface area contributed by atoms with E-state index in [-0.39, 0.29) is 23.3 Å². The molecule has 0 spiro atoms. The first-order valence-electron chi connectivity index (χ1n) is 7.12. The molecule has 0 bridgehead atoms. The summed E-state index contributed by atoms with van der Waals surface area (Å²) in [6.45, 7) is 4.74. The second kappa shape index (κ2) is 6.87. The van der Waals surface area contributed by atoms with Crippen molar-refractivity contribution in [2.24, 2.45) is 11.8 Å². The van der Waals surface area contributed by atoms with Gasteiger partial charge in [0.25, 0.3) is 0 Å². The van der Waals surface area contributed by atoms with Crippen LogP contribution in [0.2, 0.25) is 10.0 Å². The SMILES string of the molecule is CC(C)CN[C@H]1CS(=O)(=O)C[C@@H]1C(=O)c1ccc(Cl)c(Cl)c1. The number of nitrogens with one attached hydrogen (secondary N) is 1. The highest BCUT2D eigenvalue weighted by atomic mass is 35.5. The summed E-state index contributed by atoms with van der Waals surface area (Å²) in [6, 6.07) is 4.28. The molecule has 1 saturated heterocycles. The Labute approximate surface area is 141 Å². The number of rotatable bonds is 5. The summed E-state index contributed by atoms with van der Waals surface area (Å²) in [7, 11) is -3.21. The molecule has 7 heteroatoms. The highest BCUT2D eigenvalue weighted by Gasteiger charge is 2.41. The summed E-state index contributed by atoms with van der Waals surface area (Å²) in [5.74, 6) is -0.537. The summed E-state index contributed by atoms with van der Waals surface area (Å²) < 4.78 is 23.8. The first-order chi connectivity index (χ1) is 10.2. The quantitative estimate of drug-likeness (QED) is 0.816. The van der Waals surface area contributed by atoms with Crippen LogP contribution in [0.25, 0.3) is 0 Å². The molecule has 2 rings (SSSR count). The molecule has 1 aromatic rings. The Morgan fingerprint density at radius 2 is 1.95 bits per heavy atom. The van der Waals surface area contributed by atoms with Crippen LogP contribution >= 0.6 is 23.2 Å². The van der Waals surface area contributed by atoms with E-state index in [0.717, 1.165) is 0 Å². The molecule has 2 atom stereocenters. The van der Waals surface area contributed by atoms with Gasteiger partial charge in [-0.2, -0.15) is 0 Å². The van der Waals surface area contributed by atoms with Gasteiger partial charge in [-0.05, 0) is 30.7 Å². The zero-order valence-electron chi connectivity index (χ0n) is 12.5. The van der Waals surface area contributed by atoms with Crippen LogP contribution in [0.1, 0.15) is 24.2 Å². The molecule has 1 aromatic carbocycles. The summed E-state index contributed by atoms with van der Waals surface area (Å²) in [5, 5.41) is 3.86. The standard InChI is InChI=1S/C15H19Cl2NO3S/c1-9(2)6-18-14-8-22(20,21)7-11(14)15(19)10-3-4-12(16)13(17)5-10/h3-5,9,11,14,18H,6-8H2,1-2H3/t11-,14-/m0/s1. The molecule has 0 unspecified atom stereocenters. The van der Waals surface area contributed by atoms with Crippen molar-refractivity contribution in [1.29, 1.82) is 0 Å². The van der Waals surface area contributed by atoms with Gasteiger partial charge >= 0.3 is 0 Å². The van der Waals surface area contributed by atoms with Crippen molar-refractivity contribution < 1.29 is 13.2 Å². The number of carbonyl (C=O) groups is 1. The maximum Gasteiger partial charge on any atom is 0.168 e. The molecule has 1 fully saturated rings. The Morgan fingerprint density at radius 3 is 2.55 bits per heavy atom. The fourth-order valence-corrected chi connectivity index (χ4v) is 4.82. The lowest BCUT2D eigenvalue weighted by Crippen LogP contribution is -2.41. The van der Waals surface area contributed by atoms with E-state index in [4.69, 9.17) is 23.2 Å². The van der Waals surface area contributed by atoms with Gasteiger partial charge in [0, 0.05) is 11.6 Å². The lowest BCUT2D eigenvalue weighted by molar-refractivity contribution is 0.0915. The highest BCUT2D eigenvalue weighted by molar-refractivity contribution is 7.91. The molecule has 0 radical (unpaired) electrons. The number of ketones is 1. The molecule has 0 aromatic heterocycles. The van der Waals surface area contributed by atoms with Crippen molar-refractivity contribution in [1.82, 2.24) is 5.32 Å². The summed E-state index contributed by atoms with van der Waals surface area (Å²) >= 11 is 11.8. The average molecular weight is 364 g/mol. The van der Waals surface area contributed by atoms with Crippen molar-refractivity contribution in [3.63, 3.8) is 0 Å². The van der Waals surface area contributed by atoms with E-state index in [1.165, 1.54) is 6.07 Å². The number of sulfone groups is 1. The van der Waals surface area contributed by atoms with Crippen LogP contribution in [0.15, 0.2) is 18.2 Å². The monoisotopic (exact) mass is 363 g/mol. The molecule has 0 saturated carbocycles. The van der Waals surface area contributed by atoms with Gasteiger partial charge in [-0.25, -0.2) is 8.42 Å². The molecule has 22 heavy (non-hydrogen) atoms. The third-order valence-corrected chi connectivity index (χ3v) is 6.15. The molecule has 0 amide bonds. The third-order valence-electron chi connectivity index (χ3n) is 3.68. The molecule has 1 aliphatic heterocycles. The minimum absolute atomic E-state index is 0.00253. The van der Waals surface area contributed by atoms with Crippen molar-refractivity contribution >= 4 is 38.8 Å². The molecule has 4 nitrogen and oxygen atoms in total. The van der Waals surface area contributed by atoms with Gasteiger partial charge < -0.3 is 5.32 Å². The summed E-state index contributed by atoms with van der Waals surface area (Å²) in [4.78, 5) is 12.6. The number of carbonyl (C=O) groups excluding carboxylic acids is 1. The van der Waals surface area contributed by atoms with Crippen molar-refractivity contribution in [2.45, 2.75) is 19.9 Å². The van der Waals surface area contributed by atoms with E-state index < -0.39 is 15.8 Å². The summed E-state index contributed by atoms with van der Waals surface area (Å²) in [5.41, 5.74) is 0.396. The topological polar surface area (TPSA) is 63.2 Å². The van der Waals surface area contributed by atoms with Crippen LogP contribution in [0.3, 0.4) is 0 Å². The molecular formula is C15H19Cl2NO3S. The Balaban J connectivity index is 2.23. The Morgan fingerprint density at radius 1 is 1.27 bits per heavy atom. The van der Waals surface area contributed by atoms with E-state index in [0.29, 0.717) is 28.1 Å². The minimum atomic E-state index is -3.21. The molecule has 122 valence electrons. The van der Waals surface area contributed by atoms with Crippen molar-refractivity contribution in [3.8, 4) is 0 Å². The number of halogens is 2. The van der Waals surface area contributed by atoms with Gasteiger partial charge in [0.15, 0.2) is 15.6 Å². The zero-order chi connectivity index (χ0) is 16.5. The molecule has 1 heterocycles. The first kappa shape index (κ1) is 17.7. The van der Waals surface area contributed by atoms with Gasteiger partial charge in [0.1, 0.15) is 0 Å². The fourth-order valence-electron chi connectivity index (χ4n) is 2.56. The molecule has 0 aliphatic carbocycles. The second-order valence-corrected chi connectivity index (χ2v) is 9.05. The van der Waals surface area contributed by atoms with Crippen LogP contribution in [0, 0.1) is 11.8 Å². The Hall–Kier alpha value is -0.620. The lowest BCUT2D eigenvalue weighted by atomic mass is 9.93. The maximum absolute atomic E-state index is 12.6. The van der Waals surface area contributed by atoms with Crippen LogP contribution in [0.5, 0.6) is 0 Å². The molecular weight excluding hydrogens is 345 g/mol. The number of hydrogen-bond donors (Lipinski definition) is 1. The van der Waals surface area contributed by atoms with Gasteiger partial charge in [0.2, 0.25) is 0 Å². The smallest absolute Gasteiger partial charge is 0.168 e. The van der Waals surface area contributed by atoms with E-state index in [1.54, 1.807) is 12.1 Å². The predicted molar refractivity (Wildman–Crippen MR) is 89.6 cm³/mol. The first-order valence-corrected chi connectivity index (χ1v) is 9.70. The van der Waals surface area contributed by atoms with E-state index >= 15 is 0 Å². The van der Waals surface area contributed by atoms with Gasteiger partial charge in [-0.3, -0.25) is 4.79 Å². The maximum atomic E-state index is 12.6. The predicted octanol–water partition coefficient (Wildman–Crippen LogP) is 2.83. The van der Waals surface area contributed by atoms with Crippen LogP contribution < -0.4 is 5.32 Å². The van der Waals surface area contributed by atoms with Gasteiger partial charge in [-0.1, -0.05) is 37.0 Å². The average Bonchev–Trinajstić information content (AvgIpc) is 2.74. The number of hydrogen-bond acceptors (Lipinski definition) is 4. The highest BCUT2D eigenvalue weighted by Crippen LogP contribution is 2.27. The molecule has 1 aliphatic rings. The fraction of sp³-hybridized carbons (Fsp3) is 0.533. The van der Waals surface area contributed by atoms with E-state index in [9.17, 15) is 13.2 Å². The zero-order valence-corrected chi connectivity index (χ0v) is 14.8. The number of Topliss-reactive ketones (excluding diaryl/α,β-unsaturated/α-hetero) is 1. The third kappa shape index (κ3) is 4.22.